The van der Waals surface area contributed by atoms with Crippen LogP contribution in [0.15, 0.2) is 35.6 Å². The molecule has 1 aliphatic carbocycles. The average molecular weight is 561 g/mol. The number of ether oxygens (including phenoxy) is 2. The van der Waals surface area contributed by atoms with Gasteiger partial charge in [-0.05, 0) is 73.2 Å². The molecule has 2 aliphatic rings. The Hall–Kier alpha value is -4.17. The second-order valence-electron chi connectivity index (χ2n) is 10.1. The Morgan fingerprint density at radius 3 is 2.71 bits per heavy atom. The summed E-state index contributed by atoms with van der Waals surface area (Å²) in [6.45, 7) is 3.18. The predicted molar refractivity (Wildman–Crippen MR) is 153 cm³/mol. The lowest BCUT2D eigenvalue weighted by atomic mass is 9.85. The number of aromatic amines is 1. The van der Waals surface area contributed by atoms with Crippen molar-refractivity contribution in [3.8, 4) is 6.07 Å². The third-order valence-electron chi connectivity index (χ3n) is 7.39. The number of amides is 2. The summed E-state index contributed by atoms with van der Waals surface area (Å²) >= 11 is 0. The van der Waals surface area contributed by atoms with Gasteiger partial charge in [0.1, 0.15) is 11.8 Å². The molecule has 1 fully saturated rings. The Bertz CT molecular complexity index is 1320. The number of nitrogens with zero attached hydrogens (tertiary/aromatic N) is 6. The third kappa shape index (κ3) is 8.66. The fourth-order valence-corrected chi connectivity index (χ4v) is 5.20. The number of piperidine rings is 1. The molecule has 0 radical (unpaired) electrons. The zero-order valence-electron chi connectivity index (χ0n) is 23.2. The lowest BCUT2D eigenvalue weighted by Crippen LogP contribution is -2.38. The molecular weight excluding hydrogens is 524 g/mol. The number of hydrogen-bond donors (Lipinski definition) is 2. The molecule has 2 aromatic rings. The Morgan fingerprint density at radius 2 is 2.00 bits per heavy atom. The van der Waals surface area contributed by atoms with Gasteiger partial charge in [-0.15, -0.1) is 0 Å². The van der Waals surface area contributed by atoms with E-state index < -0.39 is 0 Å². The first-order chi connectivity index (χ1) is 20.1. The molecule has 2 N–H and O–H groups in total. The highest BCUT2D eigenvalue weighted by Gasteiger charge is 2.25. The standard InChI is InChI=1S/C29H36N8O4/c30-19-24-20-32-28(34-24)29(39)35-26-7-6-23(18-25(26)22-4-2-1-3-5-22)21-8-12-37(13-9-21)27(38)10-14-40-16-17-41-15-11-33-36-31/h4,6-7,18,20-21H,1-3,5,8-17H2,(H,32,34)(H,35,39). The molecule has 0 saturated carbocycles. The average Bonchev–Trinajstić information content (AvgIpc) is 3.51. The Balaban J connectivity index is 1.30. The molecule has 0 spiro atoms. The number of likely N-dealkylation sites (tertiary alicyclic amines) is 1. The number of carbonyl (C=O) groups excluding carboxylic acids is 2. The summed E-state index contributed by atoms with van der Waals surface area (Å²) in [5.41, 5.74) is 12.7. The van der Waals surface area contributed by atoms with E-state index >= 15 is 0 Å². The summed E-state index contributed by atoms with van der Waals surface area (Å²) in [5.74, 6) is 0.142. The van der Waals surface area contributed by atoms with Crippen LogP contribution in [0.5, 0.6) is 0 Å². The van der Waals surface area contributed by atoms with Crippen molar-refractivity contribution in [2.24, 2.45) is 5.11 Å². The van der Waals surface area contributed by atoms with Crippen molar-refractivity contribution in [3.05, 3.63) is 63.6 Å². The smallest absolute Gasteiger partial charge is 0.291 e. The van der Waals surface area contributed by atoms with Gasteiger partial charge in [-0.1, -0.05) is 17.3 Å². The van der Waals surface area contributed by atoms with E-state index in [1.807, 2.05) is 17.0 Å². The number of azide groups is 1. The lowest BCUT2D eigenvalue weighted by molar-refractivity contribution is -0.133. The summed E-state index contributed by atoms with van der Waals surface area (Å²) in [7, 11) is 0. The van der Waals surface area contributed by atoms with Gasteiger partial charge >= 0.3 is 0 Å². The zero-order valence-corrected chi connectivity index (χ0v) is 23.2. The van der Waals surface area contributed by atoms with E-state index in [0.717, 1.165) is 43.4 Å². The van der Waals surface area contributed by atoms with Crippen molar-refractivity contribution in [1.29, 1.82) is 5.26 Å². The van der Waals surface area contributed by atoms with Gasteiger partial charge in [0.05, 0.1) is 39.0 Å². The monoisotopic (exact) mass is 560 g/mol. The van der Waals surface area contributed by atoms with E-state index in [9.17, 15) is 9.59 Å². The van der Waals surface area contributed by atoms with Crippen LogP contribution in [0.1, 0.15) is 78.3 Å². The van der Waals surface area contributed by atoms with Crippen LogP contribution < -0.4 is 5.32 Å². The summed E-state index contributed by atoms with van der Waals surface area (Å²) in [6.07, 6.45) is 9.95. The summed E-state index contributed by atoms with van der Waals surface area (Å²) in [4.78, 5) is 36.9. The number of allylic oxidation sites excluding steroid dienone is 2. The summed E-state index contributed by atoms with van der Waals surface area (Å²) in [6, 6.07) is 8.17. The Morgan fingerprint density at radius 1 is 1.20 bits per heavy atom. The lowest BCUT2D eigenvalue weighted by Gasteiger charge is -2.33. The number of carbonyl (C=O) groups is 2. The molecule has 0 atom stereocenters. The normalized spacial score (nSPS) is 15.5. The van der Waals surface area contributed by atoms with Gasteiger partial charge in [-0.2, -0.15) is 5.26 Å². The van der Waals surface area contributed by atoms with E-state index in [2.05, 4.69) is 43.5 Å². The van der Waals surface area contributed by atoms with Gasteiger partial charge in [0.2, 0.25) is 5.91 Å². The number of nitrogens with one attached hydrogen (secondary N) is 2. The molecule has 1 aromatic heterocycles. The van der Waals surface area contributed by atoms with E-state index in [1.165, 1.54) is 23.8 Å². The van der Waals surface area contributed by atoms with Crippen LogP contribution >= 0.6 is 0 Å². The number of H-pyrrole nitrogens is 1. The van der Waals surface area contributed by atoms with Gasteiger partial charge in [0.25, 0.3) is 5.91 Å². The molecule has 12 heteroatoms. The topological polar surface area (TPSA) is 169 Å². The minimum Gasteiger partial charge on any atom is -0.379 e. The highest BCUT2D eigenvalue weighted by molar-refractivity contribution is 6.03. The molecule has 1 aromatic carbocycles. The molecule has 4 rings (SSSR count). The summed E-state index contributed by atoms with van der Waals surface area (Å²) < 4.78 is 10.8. The highest BCUT2D eigenvalue weighted by atomic mass is 16.5. The third-order valence-corrected chi connectivity index (χ3v) is 7.39. The number of benzene rings is 1. The van der Waals surface area contributed by atoms with E-state index in [-0.39, 0.29) is 23.3 Å². The van der Waals surface area contributed by atoms with Gasteiger partial charge in [0.15, 0.2) is 5.82 Å². The SMILES string of the molecule is N#Cc1cnc(C(=O)Nc2ccc(C3CCN(C(=O)CCOCCOCCN=[N+]=[N-])CC3)cc2C2=CCCCC2)[nH]1. The van der Waals surface area contributed by atoms with Crippen LogP contribution in [0, 0.1) is 11.3 Å². The van der Waals surface area contributed by atoms with Crippen LogP contribution in [0.4, 0.5) is 5.69 Å². The van der Waals surface area contributed by atoms with Crippen LogP contribution in [0.2, 0.25) is 0 Å². The van der Waals surface area contributed by atoms with Crippen LogP contribution in [-0.2, 0) is 14.3 Å². The van der Waals surface area contributed by atoms with E-state index in [1.54, 1.807) is 0 Å². The molecule has 1 aliphatic heterocycles. The number of anilines is 1. The zero-order chi connectivity index (χ0) is 28.9. The Labute approximate surface area is 239 Å². The Kier molecular flexibility index (Phi) is 11.3. The fourth-order valence-electron chi connectivity index (χ4n) is 5.20. The molecule has 2 amide bonds. The maximum atomic E-state index is 12.8. The predicted octanol–water partition coefficient (Wildman–Crippen LogP) is 4.93. The number of rotatable bonds is 13. The van der Waals surface area contributed by atoms with Crippen molar-refractivity contribution in [2.45, 2.75) is 50.9 Å². The van der Waals surface area contributed by atoms with Crippen molar-refractivity contribution in [1.82, 2.24) is 14.9 Å². The minimum atomic E-state index is -0.384. The van der Waals surface area contributed by atoms with Crippen LogP contribution in [0.3, 0.4) is 0 Å². The van der Waals surface area contributed by atoms with Crippen LogP contribution in [-0.4, -0.2) is 72.7 Å². The second-order valence-corrected chi connectivity index (χ2v) is 10.1. The van der Waals surface area contributed by atoms with Gasteiger partial charge in [-0.3, -0.25) is 9.59 Å². The maximum absolute atomic E-state index is 12.8. The number of nitriles is 1. The molecule has 0 unspecified atom stereocenters. The van der Waals surface area contributed by atoms with Crippen molar-refractivity contribution < 1.29 is 19.1 Å². The molecule has 216 valence electrons. The highest BCUT2D eigenvalue weighted by Crippen LogP contribution is 2.36. The van der Waals surface area contributed by atoms with Gasteiger partial charge in [0, 0.05) is 35.8 Å². The first-order valence-electron chi connectivity index (χ1n) is 14.1. The molecular formula is C29H36N8O4. The maximum Gasteiger partial charge on any atom is 0.291 e. The van der Waals surface area contributed by atoms with Gasteiger partial charge in [-0.25, -0.2) is 4.98 Å². The van der Waals surface area contributed by atoms with Crippen molar-refractivity contribution in [3.63, 3.8) is 0 Å². The van der Waals surface area contributed by atoms with E-state index in [4.69, 9.17) is 20.3 Å². The largest absolute Gasteiger partial charge is 0.379 e. The number of imidazole rings is 1. The number of hydrogen-bond acceptors (Lipinski definition) is 7. The van der Waals surface area contributed by atoms with E-state index in [0.29, 0.717) is 58.4 Å². The van der Waals surface area contributed by atoms with Gasteiger partial charge < -0.3 is 24.7 Å². The molecule has 1 saturated heterocycles. The molecule has 12 nitrogen and oxygen atoms in total. The first kappa shape index (κ1) is 29.8. The second kappa shape index (κ2) is 15.6. The molecule has 0 bridgehead atoms. The first-order valence-corrected chi connectivity index (χ1v) is 14.1. The van der Waals surface area contributed by atoms with Crippen LogP contribution in [0.25, 0.3) is 16.0 Å². The fraction of sp³-hybridized carbons (Fsp3) is 0.517. The minimum absolute atomic E-state index is 0.0938. The molecule has 2 heterocycles. The van der Waals surface area contributed by atoms with Crippen molar-refractivity contribution >= 4 is 23.1 Å². The molecule has 41 heavy (non-hydrogen) atoms. The van der Waals surface area contributed by atoms with Crippen molar-refractivity contribution in [2.75, 3.05) is 51.4 Å². The summed E-state index contributed by atoms with van der Waals surface area (Å²) in [5, 5.41) is 15.4. The number of aromatic nitrogens is 2. The quantitative estimate of drug-likeness (QED) is 0.152.